The van der Waals surface area contributed by atoms with Crippen LogP contribution >= 0.6 is 0 Å². The van der Waals surface area contributed by atoms with Crippen LogP contribution in [0.3, 0.4) is 0 Å². The highest BCUT2D eigenvalue weighted by Gasteiger charge is 2.16. The van der Waals surface area contributed by atoms with Gasteiger partial charge in [-0.25, -0.2) is 9.97 Å². The van der Waals surface area contributed by atoms with E-state index < -0.39 is 0 Å². The smallest absolute Gasteiger partial charge is 0.129 e. The van der Waals surface area contributed by atoms with Gasteiger partial charge < -0.3 is 14.5 Å². The molecule has 1 unspecified atom stereocenters. The summed E-state index contributed by atoms with van der Waals surface area (Å²) in [6.45, 7) is 1.18. The molecule has 0 aliphatic heterocycles. The molecule has 0 amide bonds. The Morgan fingerprint density at radius 1 is 1.40 bits per heavy atom. The Morgan fingerprint density at radius 3 is 2.90 bits per heavy atom. The lowest BCUT2D eigenvalue weighted by atomic mass is 10.2. The van der Waals surface area contributed by atoms with E-state index in [0.29, 0.717) is 13.2 Å². The third kappa shape index (κ3) is 3.79. The maximum absolute atomic E-state index is 5.47. The molecular formula is C14H20N4O2. The number of furan rings is 1. The van der Waals surface area contributed by atoms with Gasteiger partial charge in [0.25, 0.3) is 0 Å². The molecule has 0 aliphatic rings. The second-order valence-electron chi connectivity index (χ2n) is 4.70. The summed E-state index contributed by atoms with van der Waals surface area (Å²) >= 11 is 0. The Labute approximate surface area is 118 Å². The zero-order valence-corrected chi connectivity index (χ0v) is 12.0. The van der Waals surface area contributed by atoms with Crippen molar-refractivity contribution in [3.05, 3.63) is 42.2 Å². The average Bonchev–Trinajstić information content (AvgIpc) is 2.93. The van der Waals surface area contributed by atoms with Gasteiger partial charge in [-0.3, -0.25) is 4.90 Å². The number of nitrogens with one attached hydrogen (secondary N) is 1. The molecule has 6 nitrogen and oxygen atoms in total. The number of methoxy groups -OCH3 is 1. The predicted octanol–water partition coefficient (Wildman–Crippen LogP) is 1.93. The summed E-state index contributed by atoms with van der Waals surface area (Å²) < 4.78 is 10.5. The fraction of sp³-hybridized carbons (Fsp3) is 0.429. The van der Waals surface area contributed by atoms with Gasteiger partial charge in [0, 0.05) is 19.7 Å². The SMILES string of the molecule is COCc1cc(NCC(c2ccco2)N(C)C)ncn1. The molecule has 0 bridgehead atoms. The first-order valence-corrected chi connectivity index (χ1v) is 6.44. The van der Waals surface area contributed by atoms with Crippen LogP contribution in [0, 0.1) is 0 Å². The zero-order chi connectivity index (χ0) is 14.4. The van der Waals surface area contributed by atoms with Crippen molar-refractivity contribution >= 4 is 5.82 Å². The second-order valence-corrected chi connectivity index (χ2v) is 4.70. The number of ether oxygens (including phenoxy) is 1. The highest BCUT2D eigenvalue weighted by Crippen LogP contribution is 2.19. The number of rotatable bonds is 7. The number of aromatic nitrogens is 2. The van der Waals surface area contributed by atoms with Crippen LogP contribution in [-0.4, -0.2) is 42.6 Å². The van der Waals surface area contributed by atoms with Crippen LogP contribution in [0.1, 0.15) is 17.5 Å². The first-order chi connectivity index (χ1) is 9.70. The molecule has 0 saturated heterocycles. The van der Waals surface area contributed by atoms with Crippen LogP contribution in [0.5, 0.6) is 0 Å². The summed E-state index contributed by atoms with van der Waals surface area (Å²) in [5.41, 5.74) is 0.851. The molecule has 0 aliphatic carbocycles. The van der Waals surface area contributed by atoms with Crippen molar-refractivity contribution in [3.8, 4) is 0 Å². The summed E-state index contributed by atoms with van der Waals surface area (Å²) in [6, 6.07) is 5.90. The van der Waals surface area contributed by atoms with E-state index in [0.717, 1.165) is 17.3 Å². The maximum atomic E-state index is 5.47. The minimum Gasteiger partial charge on any atom is -0.468 e. The molecule has 0 saturated carbocycles. The number of hydrogen-bond acceptors (Lipinski definition) is 6. The van der Waals surface area contributed by atoms with E-state index in [1.807, 2.05) is 32.3 Å². The Hall–Kier alpha value is -1.92. The van der Waals surface area contributed by atoms with Crippen LogP contribution in [0.4, 0.5) is 5.82 Å². The van der Waals surface area contributed by atoms with E-state index in [9.17, 15) is 0 Å². The topological polar surface area (TPSA) is 63.4 Å². The molecule has 20 heavy (non-hydrogen) atoms. The monoisotopic (exact) mass is 276 g/mol. The predicted molar refractivity (Wildman–Crippen MR) is 76.4 cm³/mol. The first-order valence-electron chi connectivity index (χ1n) is 6.44. The standard InChI is InChI=1S/C14H20N4O2/c1-18(2)12(13-5-4-6-20-13)8-15-14-7-11(9-19-3)16-10-17-14/h4-7,10,12H,8-9H2,1-3H3,(H,15,16,17). The summed E-state index contributed by atoms with van der Waals surface area (Å²) in [4.78, 5) is 10.4. The van der Waals surface area contributed by atoms with Crippen LogP contribution in [0.2, 0.25) is 0 Å². The first kappa shape index (κ1) is 14.5. The molecular weight excluding hydrogens is 256 g/mol. The largest absolute Gasteiger partial charge is 0.468 e. The van der Waals surface area contributed by atoms with Crippen LogP contribution in [0.15, 0.2) is 35.2 Å². The van der Waals surface area contributed by atoms with Crippen molar-refractivity contribution in [1.82, 2.24) is 14.9 Å². The minimum atomic E-state index is 0.144. The van der Waals surface area contributed by atoms with E-state index in [4.69, 9.17) is 9.15 Å². The number of nitrogens with zero attached hydrogens (tertiary/aromatic N) is 3. The molecule has 108 valence electrons. The lowest BCUT2D eigenvalue weighted by molar-refractivity contribution is 0.181. The van der Waals surface area contributed by atoms with Gasteiger partial charge in [-0.1, -0.05) is 0 Å². The highest BCUT2D eigenvalue weighted by atomic mass is 16.5. The Balaban J connectivity index is 2.01. The maximum Gasteiger partial charge on any atom is 0.129 e. The van der Waals surface area contributed by atoms with Gasteiger partial charge in [0.1, 0.15) is 17.9 Å². The number of anilines is 1. The Bertz CT molecular complexity index is 514. The van der Waals surface area contributed by atoms with E-state index in [-0.39, 0.29) is 6.04 Å². The number of likely N-dealkylation sites (N-methyl/N-ethyl adjacent to an activating group) is 1. The lowest BCUT2D eigenvalue weighted by Gasteiger charge is -2.22. The average molecular weight is 276 g/mol. The fourth-order valence-electron chi connectivity index (χ4n) is 1.94. The van der Waals surface area contributed by atoms with Crippen molar-refractivity contribution < 1.29 is 9.15 Å². The quantitative estimate of drug-likeness (QED) is 0.833. The molecule has 2 aromatic heterocycles. The van der Waals surface area contributed by atoms with Crippen molar-refractivity contribution in [2.75, 3.05) is 33.1 Å². The summed E-state index contributed by atoms with van der Waals surface area (Å²) in [5, 5.41) is 3.30. The molecule has 0 radical (unpaired) electrons. The molecule has 0 aromatic carbocycles. The summed E-state index contributed by atoms with van der Waals surface area (Å²) in [5.74, 6) is 1.71. The molecule has 1 atom stereocenters. The Morgan fingerprint density at radius 2 is 2.25 bits per heavy atom. The lowest BCUT2D eigenvalue weighted by Crippen LogP contribution is -2.26. The molecule has 2 heterocycles. The van der Waals surface area contributed by atoms with E-state index in [1.165, 1.54) is 6.33 Å². The summed E-state index contributed by atoms with van der Waals surface area (Å²) in [6.07, 6.45) is 3.22. The second kappa shape index (κ2) is 7.02. The number of hydrogen-bond donors (Lipinski definition) is 1. The van der Waals surface area contributed by atoms with Gasteiger partial charge in [0.15, 0.2) is 0 Å². The Kier molecular flexibility index (Phi) is 5.09. The van der Waals surface area contributed by atoms with Crippen molar-refractivity contribution in [2.24, 2.45) is 0 Å². The van der Waals surface area contributed by atoms with Gasteiger partial charge in [-0.05, 0) is 26.2 Å². The van der Waals surface area contributed by atoms with Gasteiger partial charge in [-0.2, -0.15) is 0 Å². The third-order valence-corrected chi connectivity index (χ3v) is 2.99. The van der Waals surface area contributed by atoms with E-state index in [1.54, 1.807) is 13.4 Å². The molecule has 0 fully saturated rings. The zero-order valence-electron chi connectivity index (χ0n) is 12.0. The molecule has 6 heteroatoms. The molecule has 2 rings (SSSR count). The highest BCUT2D eigenvalue weighted by molar-refractivity contribution is 5.35. The third-order valence-electron chi connectivity index (χ3n) is 2.99. The normalized spacial score (nSPS) is 12.6. The van der Waals surface area contributed by atoms with Gasteiger partial charge in [0.05, 0.1) is 24.6 Å². The molecule has 1 N–H and O–H groups in total. The van der Waals surface area contributed by atoms with Gasteiger partial charge in [-0.15, -0.1) is 0 Å². The van der Waals surface area contributed by atoms with E-state index in [2.05, 4.69) is 20.2 Å². The van der Waals surface area contributed by atoms with Crippen LogP contribution < -0.4 is 5.32 Å². The van der Waals surface area contributed by atoms with Crippen molar-refractivity contribution in [3.63, 3.8) is 0 Å². The van der Waals surface area contributed by atoms with Crippen molar-refractivity contribution in [2.45, 2.75) is 12.6 Å². The summed E-state index contributed by atoms with van der Waals surface area (Å²) in [7, 11) is 5.69. The van der Waals surface area contributed by atoms with Gasteiger partial charge >= 0.3 is 0 Å². The van der Waals surface area contributed by atoms with E-state index >= 15 is 0 Å². The molecule has 2 aromatic rings. The molecule has 0 spiro atoms. The van der Waals surface area contributed by atoms with Crippen molar-refractivity contribution in [1.29, 1.82) is 0 Å². The van der Waals surface area contributed by atoms with Crippen LogP contribution in [-0.2, 0) is 11.3 Å². The minimum absolute atomic E-state index is 0.144. The van der Waals surface area contributed by atoms with Gasteiger partial charge in [0.2, 0.25) is 0 Å². The fourth-order valence-corrected chi connectivity index (χ4v) is 1.94. The van der Waals surface area contributed by atoms with Crippen LogP contribution in [0.25, 0.3) is 0 Å².